The minimum atomic E-state index is -1.09. The number of nitrogens with one attached hydrogen (secondary N) is 1. The molecule has 0 spiro atoms. The maximum Gasteiger partial charge on any atom is 0.341 e. The van der Waals surface area contributed by atoms with Gasteiger partial charge < -0.3 is 15.2 Å². The van der Waals surface area contributed by atoms with E-state index in [-0.39, 0.29) is 11.3 Å². The van der Waals surface area contributed by atoms with E-state index in [1.165, 1.54) is 38.5 Å². The minimum Gasteiger partial charge on any atom is -0.480 e. The van der Waals surface area contributed by atoms with Gasteiger partial charge in [-0.1, -0.05) is 82.2 Å². The van der Waals surface area contributed by atoms with Crippen molar-refractivity contribution in [3.8, 4) is 16.9 Å². The molecule has 186 valence electrons. The number of carboxylic acids is 1. The predicted octanol–water partition coefficient (Wildman–Crippen LogP) is 7.45. The number of hydrogen-bond acceptors (Lipinski definition) is 3. The van der Waals surface area contributed by atoms with Crippen LogP contribution in [0.15, 0.2) is 46.9 Å². The number of ether oxygens (including phenoxy) is 1. The zero-order valence-corrected chi connectivity index (χ0v) is 22.2. The number of alkyl halides is 1. The standard InChI is InChI=1S/C27H35BrClNO4/c1-2-3-4-5-6-7-11-14-21(29)17-18-30-27(33)23-16-15-22(20-12-9-8-10-13-20)26(25(23)28)34-19-24(31)32/h8-10,12-13,15-16,21H,2-7,11,14,17-19H2,1H3,(H,30,33)(H,31,32). The molecular formula is C27H35BrClNO4. The first-order chi connectivity index (χ1) is 16.4. The van der Waals surface area contributed by atoms with E-state index in [2.05, 4.69) is 28.2 Å². The monoisotopic (exact) mass is 551 g/mol. The summed E-state index contributed by atoms with van der Waals surface area (Å²) in [6, 6.07) is 13.0. The number of aliphatic carboxylic acids is 1. The van der Waals surface area contributed by atoms with Gasteiger partial charge in [0.05, 0.1) is 10.0 Å². The van der Waals surface area contributed by atoms with Crippen LogP contribution in [0.25, 0.3) is 11.1 Å². The van der Waals surface area contributed by atoms with Gasteiger partial charge in [0.1, 0.15) is 5.75 Å². The van der Waals surface area contributed by atoms with Crippen LogP contribution in [0.4, 0.5) is 0 Å². The normalized spacial score (nSPS) is 11.7. The zero-order chi connectivity index (χ0) is 24.8. The van der Waals surface area contributed by atoms with Crippen molar-refractivity contribution in [2.75, 3.05) is 13.2 Å². The summed E-state index contributed by atoms with van der Waals surface area (Å²) in [5, 5.41) is 12.0. The molecule has 0 aliphatic heterocycles. The van der Waals surface area contributed by atoms with Crippen molar-refractivity contribution in [3.05, 3.63) is 52.5 Å². The fourth-order valence-corrected chi connectivity index (χ4v) is 4.66. The molecule has 2 aromatic carbocycles. The lowest BCUT2D eigenvalue weighted by molar-refractivity contribution is -0.139. The van der Waals surface area contributed by atoms with E-state index in [1.807, 2.05) is 30.3 Å². The number of carbonyl (C=O) groups excluding carboxylic acids is 1. The Morgan fingerprint density at radius 1 is 1.00 bits per heavy atom. The number of carboxylic acid groups (broad SMARTS) is 1. The molecule has 2 N–H and O–H groups in total. The molecule has 0 aliphatic carbocycles. The van der Waals surface area contributed by atoms with Crippen molar-refractivity contribution in [2.24, 2.45) is 0 Å². The summed E-state index contributed by atoms with van der Waals surface area (Å²) in [7, 11) is 0. The maximum atomic E-state index is 12.8. The highest BCUT2D eigenvalue weighted by Gasteiger charge is 2.19. The molecule has 0 heterocycles. The Morgan fingerprint density at radius 2 is 1.68 bits per heavy atom. The van der Waals surface area contributed by atoms with E-state index in [1.54, 1.807) is 12.1 Å². The van der Waals surface area contributed by atoms with Crippen LogP contribution in [-0.4, -0.2) is 35.5 Å². The molecule has 0 aromatic heterocycles. The van der Waals surface area contributed by atoms with Crippen LogP contribution in [0.5, 0.6) is 5.75 Å². The van der Waals surface area contributed by atoms with Crippen LogP contribution < -0.4 is 10.1 Å². The first kappa shape index (κ1) is 28.2. The summed E-state index contributed by atoms with van der Waals surface area (Å²) >= 11 is 9.91. The number of carbonyl (C=O) groups is 2. The van der Waals surface area contributed by atoms with Gasteiger partial charge >= 0.3 is 5.97 Å². The quantitative estimate of drug-likeness (QED) is 0.167. The van der Waals surface area contributed by atoms with E-state index < -0.39 is 12.6 Å². The lowest BCUT2D eigenvalue weighted by Gasteiger charge is -2.16. The molecule has 0 radical (unpaired) electrons. The molecule has 5 nitrogen and oxygen atoms in total. The van der Waals surface area contributed by atoms with E-state index in [0.29, 0.717) is 34.3 Å². The van der Waals surface area contributed by atoms with Crippen LogP contribution in [0.3, 0.4) is 0 Å². The molecule has 0 saturated carbocycles. The third kappa shape index (κ3) is 9.67. The number of hydrogen-bond donors (Lipinski definition) is 2. The van der Waals surface area contributed by atoms with Gasteiger partial charge in [0, 0.05) is 17.5 Å². The summed E-state index contributed by atoms with van der Waals surface area (Å²) in [5.74, 6) is -1.02. The third-order valence-corrected chi connectivity index (χ3v) is 6.85. The van der Waals surface area contributed by atoms with Gasteiger partial charge in [0.15, 0.2) is 6.61 Å². The highest BCUT2D eigenvalue weighted by atomic mass is 79.9. The van der Waals surface area contributed by atoms with Gasteiger partial charge in [-0.2, -0.15) is 0 Å². The van der Waals surface area contributed by atoms with Crippen molar-refractivity contribution >= 4 is 39.4 Å². The average Bonchev–Trinajstić information content (AvgIpc) is 2.82. The van der Waals surface area contributed by atoms with Crippen LogP contribution in [0.1, 0.15) is 75.1 Å². The summed E-state index contributed by atoms with van der Waals surface area (Å²) < 4.78 is 5.98. The molecule has 7 heteroatoms. The molecule has 0 aliphatic rings. The van der Waals surface area contributed by atoms with Crippen LogP contribution >= 0.6 is 27.5 Å². The number of rotatable bonds is 16. The fraction of sp³-hybridized carbons (Fsp3) is 0.481. The molecule has 34 heavy (non-hydrogen) atoms. The van der Waals surface area contributed by atoms with Crippen LogP contribution in [-0.2, 0) is 4.79 Å². The topological polar surface area (TPSA) is 75.6 Å². The second-order valence-corrected chi connectivity index (χ2v) is 9.81. The van der Waals surface area contributed by atoms with Gasteiger partial charge in [0.2, 0.25) is 0 Å². The van der Waals surface area contributed by atoms with Gasteiger partial charge in [0.25, 0.3) is 5.91 Å². The molecule has 1 unspecified atom stereocenters. The van der Waals surface area contributed by atoms with Crippen molar-refractivity contribution < 1.29 is 19.4 Å². The number of benzene rings is 2. The highest BCUT2D eigenvalue weighted by Crippen LogP contribution is 2.39. The zero-order valence-electron chi connectivity index (χ0n) is 19.8. The van der Waals surface area contributed by atoms with Crippen molar-refractivity contribution in [1.29, 1.82) is 0 Å². The number of amides is 1. The van der Waals surface area contributed by atoms with Crippen LogP contribution in [0, 0.1) is 0 Å². The molecule has 1 atom stereocenters. The SMILES string of the molecule is CCCCCCCCCC(Cl)CCNC(=O)c1ccc(-c2ccccc2)c(OCC(=O)O)c1Br. The second-order valence-electron chi connectivity index (χ2n) is 8.40. The van der Waals surface area contributed by atoms with Crippen molar-refractivity contribution in [1.82, 2.24) is 5.32 Å². The van der Waals surface area contributed by atoms with Crippen molar-refractivity contribution in [2.45, 2.75) is 70.1 Å². The Bertz CT molecular complexity index is 907. The second kappa shape index (κ2) is 15.8. The summed E-state index contributed by atoms with van der Waals surface area (Å²) in [5.41, 5.74) is 1.96. The van der Waals surface area contributed by atoms with Gasteiger partial charge in [-0.3, -0.25) is 4.79 Å². The van der Waals surface area contributed by atoms with Gasteiger partial charge in [-0.25, -0.2) is 4.79 Å². The summed E-state index contributed by atoms with van der Waals surface area (Å²) in [4.78, 5) is 23.9. The summed E-state index contributed by atoms with van der Waals surface area (Å²) in [6.45, 7) is 2.19. The van der Waals surface area contributed by atoms with Crippen LogP contribution in [0.2, 0.25) is 0 Å². The number of halogens is 2. The Labute approximate surface area is 216 Å². The molecule has 2 aromatic rings. The smallest absolute Gasteiger partial charge is 0.341 e. The van der Waals surface area contributed by atoms with Crippen molar-refractivity contribution in [3.63, 3.8) is 0 Å². The highest BCUT2D eigenvalue weighted by molar-refractivity contribution is 9.10. The molecule has 2 rings (SSSR count). The lowest BCUT2D eigenvalue weighted by Crippen LogP contribution is -2.26. The minimum absolute atomic E-state index is 0.0364. The molecular weight excluding hydrogens is 518 g/mol. The Hall–Kier alpha value is -2.05. The number of unbranched alkanes of at least 4 members (excludes halogenated alkanes) is 6. The fourth-order valence-electron chi connectivity index (χ4n) is 3.76. The van der Waals surface area contributed by atoms with E-state index in [4.69, 9.17) is 21.4 Å². The Kier molecular flexibility index (Phi) is 13.1. The molecule has 0 saturated heterocycles. The van der Waals surface area contributed by atoms with Gasteiger partial charge in [-0.15, -0.1) is 11.6 Å². The average molecular weight is 553 g/mol. The maximum absolute atomic E-state index is 12.8. The van der Waals surface area contributed by atoms with E-state index in [0.717, 1.165) is 18.4 Å². The van der Waals surface area contributed by atoms with E-state index >= 15 is 0 Å². The Morgan fingerprint density at radius 3 is 2.35 bits per heavy atom. The third-order valence-electron chi connectivity index (χ3n) is 5.63. The first-order valence-electron chi connectivity index (χ1n) is 12.1. The van der Waals surface area contributed by atoms with Gasteiger partial charge in [-0.05, 0) is 46.5 Å². The predicted molar refractivity (Wildman–Crippen MR) is 142 cm³/mol. The Balaban J connectivity index is 1.91. The first-order valence-corrected chi connectivity index (χ1v) is 13.3. The summed E-state index contributed by atoms with van der Waals surface area (Å²) in [6.07, 6.45) is 10.4. The lowest BCUT2D eigenvalue weighted by atomic mass is 10.0. The molecule has 0 fully saturated rings. The van der Waals surface area contributed by atoms with E-state index in [9.17, 15) is 9.59 Å². The largest absolute Gasteiger partial charge is 0.480 e. The molecule has 1 amide bonds. The molecule has 0 bridgehead atoms.